The van der Waals surface area contributed by atoms with Gasteiger partial charge in [0, 0.05) is 11.1 Å². The maximum atomic E-state index is 11.5. The summed E-state index contributed by atoms with van der Waals surface area (Å²) >= 11 is 0. The zero-order valence-corrected chi connectivity index (χ0v) is 11.0. The van der Waals surface area contributed by atoms with Crippen LogP contribution in [-0.4, -0.2) is 18.6 Å². The third kappa shape index (κ3) is 2.99. The van der Waals surface area contributed by atoms with E-state index in [0.717, 1.165) is 29.4 Å². The van der Waals surface area contributed by atoms with E-state index in [4.69, 9.17) is 0 Å². The van der Waals surface area contributed by atoms with Crippen LogP contribution in [0, 0.1) is 6.92 Å². The molecule has 0 fully saturated rings. The zero-order chi connectivity index (χ0) is 13.0. The topological polar surface area (TPSA) is 44.9 Å². The minimum Gasteiger partial charge on any atom is -0.322 e. The van der Waals surface area contributed by atoms with Crippen LogP contribution in [0.5, 0.6) is 0 Å². The number of fused-ring (bicyclic) bond motifs is 1. The highest BCUT2D eigenvalue weighted by atomic mass is 16.1. The van der Waals surface area contributed by atoms with Gasteiger partial charge in [-0.15, -0.1) is 0 Å². The fourth-order valence-corrected chi connectivity index (χ4v) is 2.15. The number of rotatable bonds is 5. The summed E-state index contributed by atoms with van der Waals surface area (Å²) < 4.78 is 0. The molecule has 0 saturated heterocycles. The van der Waals surface area contributed by atoms with Crippen molar-refractivity contribution in [2.45, 2.75) is 26.2 Å². The monoisotopic (exact) mass is 244 g/mol. The van der Waals surface area contributed by atoms with E-state index in [1.165, 1.54) is 18.4 Å². The van der Waals surface area contributed by atoms with Crippen LogP contribution < -0.4 is 10.9 Å². The van der Waals surface area contributed by atoms with E-state index in [1.807, 2.05) is 26.1 Å². The Hall–Kier alpha value is -1.61. The van der Waals surface area contributed by atoms with Crippen molar-refractivity contribution in [1.29, 1.82) is 0 Å². The summed E-state index contributed by atoms with van der Waals surface area (Å²) in [4.78, 5) is 14.4. The Bertz CT molecular complexity index is 587. The van der Waals surface area contributed by atoms with Gasteiger partial charge in [-0.1, -0.05) is 6.07 Å². The average Bonchev–Trinajstić information content (AvgIpc) is 2.36. The van der Waals surface area contributed by atoms with Gasteiger partial charge in [-0.2, -0.15) is 0 Å². The number of benzene rings is 1. The molecule has 0 atom stereocenters. The van der Waals surface area contributed by atoms with Crippen molar-refractivity contribution in [2.75, 3.05) is 13.6 Å². The lowest BCUT2D eigenvalue weighted by atomic mass is 10.0. The van der Waals surface area contributed by atoms with Gasteiger partial charge in [0.25, 0.3) is 5.56 Å². The van der Waals surface area contributed by atoms with Crippen LogP contribution in [0.3, 0.4) is 0 Å². The molecule has 2 rings (SSSR count). The molecule has 0 saturated carbocycles. The van der Waals surface area contributed by atoms with Crippen molar-refractivity contribution in [3.63, 3.8) is 0 Å². The Labute approximate surface area is 107 Å². The summed E-state index contributed by atoms with van der Waals surface area (Å²) in [5.74, 6) is 0. The molecule has 0 aliphatic rings. The first kappa shape index (κ1) is 12.8. The maximum absolute atomic E-state index is 11.5. The van der Waals surface area contributed by atoms with E-state index in [2.05, 4.69) is 22.4 Å². The van der Waals surface area contributed by atoms with Gasteiger partial charge >= 0.3 is 0 Å². The molecule has 18 heavy (non-hydrogen) atoms. The van der Waals surface area contributed by atoms with Gasteiger partial charge in [0.2, 0.25) is 0 Å². The van der Waals surface area contributed by atoms with Gasteiger partial charge in [0.05, 0.1) is 0 Å². The molecule has 3 heteroatoms. The van der Waals surface area contributed by atoms with Crippen molar-refractivity contribution in [3.05, 3.63) is 45.7 Å². The van der Waals surface area contributed by atoms with Gasteiger partial charge in [0.1, 0.15) is 0 Å². The standard InChI is InChI=1S/C15H20N2O/c1-11-9-13-10-12(5-3-4-8-16-2)6-7-14(13)17-15(11)18/h6-7,9-10,16H,3-5,8H2,1-2H3,(H,17,18). The van der Waals surface area contributed by atoms with Gasteiger partial charge in [-0.3, -0.25) is 4.79 Å². The molecule has 1 aromatic heterocycles. The third-order valence-corrected chi connectivity index (χ3v) is 3.24. The second-order valence-electron chi connectivity index (χ2n) is 4.76. The Morgan fingerprint density at radius 1 is 1.22 bits per heavy atom. The van der Waals surface area contributed by atoms with Crippen LogP contribution in [0.2, 0.25) is 0 Å². The second kappa shape index (κ2) is 5.83. The molecule has 0 aliphatic carbocycles. The molecule has 0 radical (unpaired) electrons. The van der Waals surface area contributed by atoms with Gasteiger partial charge < -0.3 is 10.3 Å². The lowest BCUT2D eigenvalue weighted by Gasteiger charge is -2.05. The maximum Gasteiger partial charge on any atom is 0.251 e. The molecule has 0 spiro atoms. The highest BCUT2D eigenvalue weighted by Gasteiger charge is 2.00. The Morgan fingerprint density at radius 3 is 2.83 bits per heavy atom. The van der Waals surface area contributed by atoms with Crippen LogP contribution in [0.25, 0.3) is 10.9 Å². The molecule has 96 valence electrons. The number of aryl methyl sites for hydroxylation is 2. The molecule has 0 bridgehead atoms. The molecule has 2 aromatic rings. The van der Waals surface area contributed by atoms with E-state index in [1.54, 1.807) is 0 Å². The molecule has 1 aromatic carbocycles. The number of pyridine rings is 1. The summed E-state index contributed by atoms with van der Waals surface area (Å²) in [5, 5.41) is 4.28. The van der Waals surface area contributed by atoms with E-state index < -0.39 is 0 Å². The fourth-order valence-electron chi connectivity index (χ4n) is 2.15. The van der Waals surface area contributed by atoms with E-state index in [-0.39, 0.29) is 5.56 Å². The highest BCUT2D eigenvalue weighted by Crippen LogP contribution is 2.15. The zero-order valence-electron chi connectivity index (χ0n) is 11.0. The molecule has 0 amide bonds. The molecular weight excluding hydrogens is 224 g/mol. The quantitative estimate of drug-likeness (QED) is 0.793. The van der Waals surface area contributed by atoms with E-state index >= 15 is 0 Å². The van der Waals surface area contributed by atoms with Crippen molar-refractivity contribution in [1.82, 2.24) is 10.3 Å². The molecule has 0 aliphatic heterocycles. The molecule has 0 unspecified atom stereocenters. The third-order valence-electron chi connectivity index (χ3n) is 3.24. The Balaban J connectivity index is 2.17. The SMILES string of the molecule is CNCCCCc1ccc2[nH]c(=O)c(C)cc2c1. The van der Waals surface area contributed by atoms with Crippen molar-refractivity contribution in [3.8, 4) is 0 Å². The molecule has 3 nitrogen and oxygen atoms in total. The first-order chi connectivity index (χ1) is 8.70. The summed E-state index contributed by atoms with van der Waals surface area (Å²) in [5.41, 5.74) is 3.04. The average molecular weight is 244 g/mol. The molecule has 1 heterocycles. The smallest absolute Gasteiger partial charge is 0.251 e. The largest absolute Gasteiger partial charge is 0.322 e. The number of nitrogens with one attached hydrogen (secondary N) is 2. The van der Waals surface area contributed by atoms with E-state index in [9.17, 15) is 4.79 Å². The number of aromatic nitrogens is 1. The van der Waals surface area contributed by atoms with Crippen LogP contribution in [-0.2, 0) is 6.42 Å². The van der Waals surface area contributed by atoms with Crippen LogP contribution in [0.4, 0.5) is 0 Å². The number of aromatic amines is 1. The van der Waals surface area contributed by atoms with Gasteiger partial charge in [-0.05, 0) is 68.9 Å². The second-order valence-corrected chi connectivity index (χ2v) is 4.76. The highest BCUT2D eigenvalue weighted by molar-refractivity contribution is 5.79. The molecular formula is C15H20N2O. The predicted molar refractivity (Wildman–Crippen MR) is 76.2 cm³/mol. The summed E-state index contributed by atoms with van der Waals surface area (Å²) in [6.07, 6.45) is 3.48. The minimum absolute atomic E-state index is 0.00395. The number of H-pyrrole nitrogens is 1. The summed E-state index contributed by atoms with van der Waals surface area (Å²) in [6, 6.07) is 8.25. The minimum atomic E-state index is 0.00395. The Morgan fingerprint density at radius 2 is 2.06 bits per heavy atom. The molecule has 2 N–H and O–H groups in total. The normalized spacial score (nSPS) is 11.0. The number of unbranched alkanes of at least 4 members (excludes halogenated alkanes) is 1. The van der Waals surface area contributed by atoms with E-state index in [0.29, 0.717) is 0 Å². The van der Waals surface area contributed by atoms with Crippen LogP contribution in [0.15, 0.2) is 29.1 Å². The van der Waals surface area contributed by atoms with Gasteiger partial charge in [-0.25, -0.2) is 0 Å². The Kier molecular flexibility index (Phi) is 4.15. The number of hydrogen-bond acceptors (Lipinski definition) is 2. The van der Waals surface area contributed by atoms with Crippen molar-refractivity contribution < 1.29 is 0 Å². The summed E-state index contributed by atoms with van der Waals surface area (Å²) in [7, 11) is 1.98. The van der Waals surface area contributed by atoms with Crippen molar-refractivity contribution in [2.24, 2.45) is 0 Å². The lowest BCUT2D eigenvalue weighted by molar-refractivity contribution is 0.677. The first-order valence-corrected chi connectivity index (χ1v) is 6.48. The van der Waals surface area contributed by atoms with Crippen LogP contribution in [0.1, 0.15) is 24.0 Å². The lowest BCUT2D eigenvalue weighted by Crippen LogP contribution is -2.08. The number of hydrogen-bond donors (Lipinski definition) is 2. The fraction of sp³-hybridized carbons (Fsp3) is 0.400. The van der Waals surface area contributed by atoms with Crippen molar-refractivity contribution >= 4 is 10.9 Å². The first-order valence-electron chi connectivity index (χ1n) is 6.48. The van der Waals surface area contributed by atoms with Crippen LogP contribution >= 0.6 is 0 Å². The van der Waals surface area contributed by atoms with Gasteiger partial charge in [0.15, 0.2) is 0 Å². The predicted octanol–water partition coefficient (Wildman–Crippen LogP) is 2.38. The summed E-state index contributed by atoms with van der Waals surface area (Å²) in [6.45, 7) is 2.91.